The molecule has 0 spiro atoms. The predicted octanol–water partition coefficient (Wildman–Crippen LogP) is 3.61. The predicted molar refractivity (Wildman–Crippen MR) is 125 cm³/mol. The summed E-state index contributed by atoms with van der Waals surface area (Å²) in [5.41, 5.74) is 2.46. The van der Waals surface area contributed by atoms with Crippen LogP contribution in [0.5, 0.6) is 0 Å². The summed E-state index contributed by atoms with van der Waals surface area (Å²) in [6, 6.07) is 19.2. The number of nitrogens with zero attached hydrogens (tertiary/aromatic N) is 3. The molecule has 2 aromatic carbocycles. The van der Waals surface area contributed by atoms with E-state index < -0.39 is 0 Å². The van der Waals surface area contributed by atoms with Crippen molar-refractivity contribution in [3.05, 3.63) is 87.3 Å². The fourth-order valence-electron chi connectivity index (χ4n) is 3.54. The summed E-state index contributed by atoms with van der Waals surface area (Å²) < 4.78 is 0. The Labute approximate surface area is 190 Å². The maximum Gasteiger partial charge on any atom is 0.251 e. The lowest BCUT2D eigenvalue weighted by atomic mass is 10.2. The minimum atomic E-state index is -0.250. The zero-order valence-electron chi connectivity index (χ0n) is 17.0. The fourth-order valence-corrected chi connectivity index (χ4v) is 4.59. The van der Waals surface area contributed by atoms with Gasteiger partial charge >= 0.3 is 0 Å². The Hall–Kier alpha value is -2.77. The molecule has 1 aliphatic rings. The molecule has 0 atom stereocenters. The molecule has 6 nitrogen and oxygen atoms in total. The van der Waals surface area contributed by atoms with Gasteiger partial charge in [-0.3, -0.25) is 9.59 Å². The molecule has 0 aliphatic carbocycles. The number of aromatic nitrogens is 2. The topological polar surface area (TPSA) is 69.3 Å². The van der Waals surface area contributed by atoms with E-state index in [1.807, 2.05) is 47.4 Å². The number of carbonyl (C=O) groups excluding carboxylic acids is 1. The average Bonchev–Trinajstić information content (AvgIpc) is 2.78. The monoisotopic (exact) mass is 454 g/mol. The summed E-state index contributed by atoms with van der Waals surface area (Å²) in [7, 11) is 0. The molecule has 1 saturated heterocycles. The number of aromatic amines is 1. The number of anilines is 1. The van der Waals surface area contributed by atoms with Crippen LogP contribution in [0.25, 0.3) is 0 Å². The molecule has 1 aromatic heterocycles. The summed E-state index contributed by atoms with van der Waals surface area (Å²) in [5.74, 6) is 0.624. The molecule has 31 heavy (non-hydrogen) atoms. The van der Waals surface area contributed by atoms with Crippen molar-refractivity contribution in [2.24, 2.45) is 0 Å². The lowest BCUT2D eigenvalue weighted by molar-refractivity contribution is -0.130. The molecule has 0 bridgehead atoms. The third kappa shape index (κ3) is 5.89. The number of benzene rings is 2. The summed E-state index contributed by atoms with van der Waals surface area (Å²) >= 11 is 7.44. The lowest BCUT2D eigenvalue weighted by Gasteiger charge is -2.36. The van der Waals surface area contributed by atoms with E-state index in [9.17, 15) is 9.59 Å². The smallest absolute Gasteiger partial charge is 0.251 e. The second kappa shape index (κ2) is 10.0. The third-order valence-electron chi connectivity index (χ3n) is 5.12. The van der Waals surface area contributed by atoms with E-state index in [-0.39, 0.29) is 17.9 Å². The minimum absolute atomic E-state index is 0.00315. The van der Waals surface area contributed by atoms with Crippen molar-refractivity contribution in [1.29, 1.82) is 0 Å². The number of carbonyl (C=O) groups is 1. The van der Waals surface area contributed by atoms with Crippen molar-refractivity contribution < 1.29 is 4.79 Å². The van der Waals surface area contributed by atoms with Gasteiger partial charge in [-0.25, -0.2) is 4.98 Å². The van der Waals surface area contributed by atoms with E-state index in [1.165, 1.54) is 23.5 Å². The molecular formula is C23H23ClN4O2S. The second-order valence-electron chi connectivity index (χ2n) is 7.34. The first kappa shape index (κ1) is 21.5. The number of piperazine rings is 1. The van der Waals surface area contributed by atoms with E-state index in [2.05, 4.69) is 27.0 Å². The molecule has 1 fully saturated rings. The summed E-state index contributed by atoms with van der Waals surface area (Å²) in [4.78, 5) is 36.2. The Balaban J connectivity index is 1.34. The van der Waals surface area contributed by atoms with Gasteiger partial charge in [0.2, 0.25) is 5.91 Å². The van der Waals surface area contributed by atoms with Gasteiger partial charge in [0.25, 0.3) is 5.56 Å². The van der Waals surface area contributed by atoms with Gasteiger partial charge in [-0.2, -0.15) is 0 Å². The maximum absolute atomic E-state index is 12.8. The average molecular weight is 455 g/mol. The van der Waals surface area contributed by atoms with Crippen molar-refractivity contribution in [2.75, 3.05) is 31.1 Å². The van der Waals surface area contributed by atoms with E-state index in [4.69, 9.17) is 11.6 Å². The van der Waals surface area contributed by atoms with Crippen LogP contribution in [0.3, 0.4) is 0 Å². The van der Waals surface area contributed by atoms with Gasteiger partial charge in [-0.15, -0.1) is 0 Å². The number of thioether (sulfide) groups is 1. The number of H-pyrrole nitrogens is 1. The van der Waals surface area contributed by atoms with Gasteiger partial charge in [-0.1, -0.05) is 53.7 Å². The second-order valence-corrected chi connectivity index (χ2v) is 8.74. The van der Waals surface area contributed by atoms with Crippen molar-refractivity contribution in [3.8, 4) is 0 Å². The Bertz CT molecular complexity index is 1100. The first-order valence-electron chi connectivity index (χ1n) is 10.1. The first-order chi connectivity index (χ1) is 15.1. The molecule has 4 rings (SSSR count). The van der Waals surface area contributed by atoms with Gasteiger partial charge in [0.1, 0.15) is 0 Å². The van der Waals surface area contributed by atoms with Crippen LogP contribution in [0.1, 0.15) is 11.3 Å². The van der Waals surface area contributed by atoms with Crippen LogP contribution in [-0.2, 0) is 17.0 Å². The molecular weight excluding hydrogens is 432 g/mol. The quantitative estimate of drug-likeness (QED) is 0.455. The van der Waals surface area contributed by atoms with Gasteiger partial charge in [0.05, 0.1) is 12.1 Å². The Morgan fingerprint density at radius 3 is 2.55 bits per heavy atom. The maximum atomic E-state index is 12.8. The number of para-hydroxylation sites is 1. The van der Waals surface area contributed by atoms with Crippen LogP contribution in [0.15, 0.2) is 70.6 Å². The number of rotatable bonds is 6. The molecule has 3 aromatic rings. The largest absolute Gasteiger partial charge is 0.368 e. The van der Waals surface area contributed by atoms with Crippen molar-refractivity contribution in [2.45, 2.75) is 17.3 Å². The highest BCUT2D eigenvalue weighted by molar-refractivity contribution is 7.98. The van der Waals surface area contributed by atoms with Crippen LogP contribution >= 0.6 is 23.4 Å². The van der Waals surface area contributed by atoms with Crippen molar-refractivity contribution in [1.82, 2.24) is 14.9 Å². The van der Waals surface area contributed by atoms with Crippen LogP contribution in [-0.4, -0.2) is 47.0 Å². The van der Waals surface area contributed by atoms with Crippen molar-refractivity contribution >= 4 is 35.0 Å². The summed E-state index contributed by atoms with van der Waals surface area (Å²) in [6.07, 6.45) is 0.125. The van der Waals surface area contributed by atoms with E-state index in [0.29, 0.717) is 34.7 Å². The molecule has 1 N–H and O–H groups in total. The molecule has 0 unspecified atom stereocenters. The van der Waals surface area contributed by atoms with E-state index in [1.54, 1.807) is 0 Å². The summed E-state index contributed by atoms with van der Waals surface area (Å²) in [5, 5.41) is 1.18. The van der Waals surface area contributed by atoms with E-state index in [0.717, 1.165) is 18.7 Å². The Morgan fingerprint density at radius 1 is 1.03 bits per heavy atom. The molecule has 0 radical (unpaired) electrons. The zero-order chi connectivity index (χ0) is 21.6. The van der Waals surface area contributed by atoms with Gasteiger partial charge in [0.15, 0.2) is 5.16 Å². The molecule has 2 heterocycles. The molecule has 160 valence electrons. The lowest BCUT2D eigenvalue weighted by Crippen LogP contribution is -2.49. The molecule has 1 aliphatic heterocycles. The molecule has 1 amide bonds. The van der Waals surface area contributed by atoms with Crippen LogP contribution in [0, 0.1) is 0 Å². The SMILES string of the molecule is O=C(Cc1cc(=O)[nH]c(SCc2cccc(Cl)c2)n1)N1CCN(c2ccccc2)CC1. The minimum Gasteiger partial charge on any atom is -0.368 e. The zero-order valence-corrected chi connectivity index (χ0v) is 18.5. The number of nitrogens with one attached hydrogen (secondary N) is 1. The Morgan fingerprint density at radius 2 is 1.81 bits per heavy atom. The number of halogens is 1. The van der Waals surface area contributed by atoms with Crippen LogP contribution < -0.4 is 10.5 Å². The number of hydrogen-bond donors (Lipinski definition) is 1. The highest BCUT2D eigenvalue weighted by atomic mass is 35.5. The highest BCUT2D eigenvalue weighted by Crippen LogP contribution is 2.21. The first-order valence-corrected chi connectivity index (χ1v) is 11.5. The Kier molecular flexibility index (Phi) is 6.94. The van der Waals surface area contributed by atoms with Crippen molar-refractivity contribution in [3.63, 3.8) is 0 Å². The summed E-state index contributed by atoms with van der Waals surface area (Å²) in [6.45, 7) is 2.90. The molecule has 0 saturated carbocycles. The van der Waals surface area contributed by atoms with E-state index >= 15 is 0 Å². The van der Waals surface area contributed by atoms with Crippen LogP contribution in [0.2, 0.25) is 5.02 Å². The highest BCUT2D eigenvalue weighted by Gasteiger charge is 2.22. The number of amides is 1. The normalized spacial score (nSPS) is 14.0. The van der Waals surface area contributed by atoms with Gasteiger partial charge in [-0.05, 0) is 29.8 Å². The number of hydrogen-bond acceptors (Lipinski definition) is 5. The van der Waals surface area contributed by atoms with Gasteiger partial charge in [0, 0.05) is 48.7 Å². The van der Waals surface area contributed by atoms with Crippen LogP contribution in [0.4, 0.5) is 5.69 Å². The molecule has 8 heteroatoms. The van der Waals surface area contributed by atoms with Gasteiger partial charge < -0.3 is 14.8 Å². The third-order valence-corrected chi connectivity index (χ3v) is 6.30. The fraction of sp³-hybridized carbons (Fsp3) is 0.261. The standard InChI is InChI=1S/C23H23ClN4O2S/c24-18-6-4-5-17(13-18)16-31-23-25-19(14-21(29)26-23)15-22(30)28-11-9-27(10-12-28)20-7-2-1-3-8-20/h1-8,13-14H,9-12,15-16H2,(H,25,26,29).